The van der Waals surface area contributed by atoms with Crippen LogP contribution in [-0.4, -0.2) is 34.4 Å². The Morgan fingerprint density at radius 3 is 2.87 bits per heavy atom. The molecule has 0 bridgehead atoms. The summed E-state index contributed by atoms with van der Waals surface area (Å²) in [7, 11) is 1.76. The van der Waals surface area contributed by atoms with Gasteiger partial charge in [-0.3, -0.25) is 4.79 Å². The second kappa shape index (κ2) is 7.90. The molecule has 6 heteroatoms. The van der Waals surface area contributed by atoms with Gasteiger partial charge in [0.2, 0.25) is 5.95 Å². The fourth-order valence-electron chi connectivity index (χ4n) is 2.04. The lowest BCUT2D eigenvalue weighted by molar-refractivity contribution is 0.0787. The zero-order valence-corrected chi connectivity index (χ0v) is 13.3. The van der Waals surface area contributed by atoms with E-state index in [1.165, 1.54) is 6.20 Å². The Bertz CT molecular complexity index is 723. The van der Waals surface area contributed by atoms with Crippen LogP contribution < -0.4 is 5.32 Å². The molecule has 0 aliphatic rings. The van der Waals surface area contributed by atoms with E-state index in [-0.39, 0.29) is 5.91 Å². The Kier molecular flexibility index (Phi) is 5.64. The summed E-state index contributed by atoms with van der Waals surface area (Å²) in [6, 6.07) is 10.8. The zero-order chi connectivity index (χ0) is 16.7. The molecule has 1 aromatic carbocycles. The summed E-state index contributed by atoms with van der Waals surface area (Å²) in [5.41, 5.74) is 1.43. The summed E-state index contributed by atoms with van der Waals surface area (Å²) >= 11 is 0. The summed E-state index contributed by atoms with van der Waals surface area (Å²) in [4.78, 5) is 22.3. The van der Waals surface area contributed by atoms with Gasteiger partial charge in [-0.25, -0.2) is 9.97 Å². The predicted octanol–water partition coefficient (Wildman–Crippen LogP) is 2.96. The molecule has 0 unspecified atom stereocenters. The molecule has 23 heavy (non-hydrogen) atoms. The molecule has 2 aromatic rings. The van der Waals surface area contributed by atoms with E-state index in [1.807, 2.05) is 6.07 Å². The SMILES string of the molecule is CCCCN(C)C(=O)c1ccnc(Nc2ccccc2C#N)n1. The van der Waals surface area contributed by atoms with E-state index >= 15 is 0 Å². The maximum absolute atomic E-state index is 12.3. The molecule has 0 atom stereocenters. The van der Waals surface area contributed by atoms with Crippen LogP contribution in [0.25, 0.3) is 0 Å². The second-order valence-corrected chi connectivity index (χ2v) is 5.13. The third-order valence-corrected chi connectivity index (χ3v) is 3.36. The van der Waals surface area contributed by atoms with Crippen molar-refractivity contribution in [1.29, 1.82) is 5.26 Å². The number of nitrogens with zero attached hydrogens (tertiary/aromatic N) is 4. The topological polar surface area (TPSA) is 81.9 Å². The summed E-state index contributed by atoms with van der Waals surface area (Å²) in [6.07, 6.45) is 3.51. The number of aromatic nitrogens is 2. The van der Waals surface area contributed by atoms with E-state index in [9.17, 15) is 4.79 Å². The monoisotopic (exact) mass is 309 g/mol. The third-order valence-electron chi connectivity index (χ3n) is 3.36. The second-order valence-electron chi connectivity index (χ2n) is 5.13. The molecule has 0 saturated carbocycles. The van der Waals surface area contributed by atoms with Gasteiger partial charge >= 0.3 is 0 Å². The largest absolute Gasteiger partial charge is 0.340 e. The number of unbranched alkanes of at least 4 members (excludes halogenated alkanes) is 1. The number of nitriles is 1. The number of anilines is 2. The molecule has 0 fully saturated rings. The van der Waals surface area contributed by atoms with E-state index in [4.69, 9.17) is 5.26 Å². The molecule has 1 N–H and O–H groups in total. The van der Waals surface area contributed by atoms with Crippen LogP contribution in [0.4, 0.5) is 11.6 Å². The molecule has 6 nitrogen and oxygen atoms in total. The van der Waals surface area contributed by atoms with Crippen molar-refractivity contribution >= 4 is 17.5 Å². The van der Waals surface area contributed by atoms with Crippen molar-refractivity contribution in [2.45, 2.75) is 19.8 Å². The fourth-order valence-corrected chi connectivity index (χ4v) is 2.04. The molecule has 0 spiro atoms. The lowest BCUT2D eigenvalue weighted by atomic mass is 10.2. The van der Waals surface area contributed by atoms with Crippen LogP contribution in [0.5, 0.6) is 0 Å². The molecule has 0 saturated heterocycles. The Labute approximate surface area is 135 Å². The van der Waals surface area contributed by atoms with E-state index in [1.54, 1.807) is 36.2 Å². The summed E-state index contributed by atoms with van der Waals surface area (Å²) < 4.78 is 0. The lowest BCUT2D eigenvalue weighted by Crippen LogP contribution is -2.28. The van der Waals surface area contributed by atoms with Crippen LogP contribution in [0.15, 0.2) is 36.5 Å². The number of hydrogen-bond acceptors (Lipinski definition) is 5. The van der Waals surface area contributed by atoms with Crippen molar-refractivity contribution in [2.24, 2.45) is 0 Å². The molecule has 2 rings (SSSR count). The van der Waals surface area contributed by atoms with Crippen molar-refractivity contribution in [3.8, 4) is 6.07 Å². The molecule has 1 aromatic heterocycles. The number of nitrogens with one attached hydrogen (secondary N) is 1. The maximum atomic E-state index is 12.3. The minimum Gasteiger partial charge on any atom is -0.340 e. The minimum absolute atomic E-state index is 0.141. The van der Waals surface area contributed by atoms with E-state index in [0.717, 1.165) is 12.8 Å². The smallest absolute Gasteiger partial charge is 0.272 e. The van der Waals surface area contributed by atoms with Gasteiger partial charge in [0.05, 0.1) is 11.3 Å². The maximum Gasteiger partial charge on any atom is 0.272 e. The highest BCUT2D eigenvalue weighted by Crippen LogP contribution is 2.17. The number of para-hydroxylation sites is 1. The molecule has 0 aliphatic carbocycles. The molecule has 0 radical (unpaired) electrons. The van der Waals surface area contributed by atoms with Gasteiger partial charge < -0.3 is 10.2 Å². The standard InChI is InChI=1S/C17H19N5O/c1-3-4-11-22(2)16(23)15-9-10-19-17(21-15)20-14-8-6-5-7-13(14)12-18/h5-10H,3-4,11H2,1-2H3,(H,19,20,21). The first-order chi connectivity index (χ1) is 11.2. The quantitative estimate of drug-likeness (QED) is 0.887. The van der Waals surface area contributed by atoms with Crippen molar-refractivity contribution in [1.82, 2.24) is 14.9 Å². The van der Waals surface area contributed by atoms with Gasteiger partial charge in [-0.15, -0.1) is 0 Å². The number of rotatable bonds is 6. The van der Waals surface area contributed by atoms with Crippen LogP contribution in [0.2, 0.25) is 0 Å². The van der Waals surface area contributed by atoms with Crippen molar-refractivity contribution in [3.05, 3.63) is 47.8 Å². The highest BCUT2D eigenvalue weighted by molar-refractivity contribution is 5.92. The Balaban J connectivity index is 2.17. The van der Waals surface area contributed by atoms with E-state index in [2.05, 4.69) is 28.3 Å². The minimum atomic E-state index is -0.141. The average molecular weight is 309 g/mol. The third kappa shape index (κ3) is 4.27. The van der Waals surface area contributed by atoms with Crippen molar-refractivity contribution in [3.63, 3.8) is 0 Å². The van der Waals surface area contributed by atoms with E-state index < -0.39 is 0 Å². The van der Waals surface area contributed by atoms with Crippen molar-refractivity contribution < 1.29 is 4.79 Å². The van der Waals surface area contributed by atoms with Gasteiger partial charge in [0.1, 0.15) is 11.8 Å². The van der Waals surface area contributed by atoms with Gasteiger partial charge in [-0.2, -0.15) is 5.26 Å². The average Bonchev–Trinajstić information content (AvgIpc) is 2.59. The van der Waals surface area contributed by atoms with Crippen LogP contribution in [-0.2, 0) is 0 Å². The Morgan fingerprint density at radius 1 is 1.35 bits per heavy atom. The van der Waals surface area contributed by atoms with E-state index in [0.29, 0.717) is 29.4 Å². The Hall–Kier alpha value is -2.94. The first kappa shape index (κ1) is 16.4. The number of benzene rings is 1. The molecule has 118 valence electrons. The van der Waals surface area contributed by atoms with Crippen LogP contribution in [0.3, 0.4) is 0 Å². The first-order valence-electron chi connectivity index (χ1n) is 7.50. The Morgan fingerprint density at radius 2 is 2.13 bits per heavy atom. The van der Waals surface area contributed by atoms with Crippen molar-refractivity contribution in [2.75, 3.05) is 18.9 Å². The number of carbonyl (C=O) groups excluding carboxylic acids is 1. The summed E-state index contributed by atoms with van der Waals surface area (Å²) in [5.74, 6) is 0.153. The molecule has 1 amide bonds. The normalized spacial score (nSPS) is 9.96. The number of carbonyl (C=O) groups is 1. The number of amides is 1. The lowest BCUT2D eigenvalue weighted by Gasteiger charge is -2.16. The van der Waals surface area contributed by atoms with Gasteiger partial charge in [-0.1, -0.05) is 25.5 Å². The van der Waals surface area contributed by atoms with Crippen LogP contribution >= 0.6 is 0 Å². The van der Waals surface area contributed by atoms with Gasteiger partial charge in [0, 0.05) is 19.8 Å². The molecule has 0 aliphatic heterocycles. The zero-order valence-electron chi connectivity index (χ0n) is 13.3. The van der Waals surface area contributed by atoms with Gasteiger partial charge in [0.25, 0.3) is 5.91 Å². The highest BCUT2D eigenvalue weighted by atomic mass is 16.2. The first-order valence-corrected chi connectivity index (χ1v) is 7.50. The molecular weight excluding hydrogens is 290 g/mol. The van der Waals surface area contributed by atoms with Crippen LogP contribution in [0, 0.1) is 11.3 Å². The van der Waals surface area contributed by atoms with Gasteiger partial charge in [-0.05, 0) is 24.6 Å². The van der Waals surface area contributed by atoms with Crippen LogP contribution in [0.1, 0.15) is 35.8 Å². The number of hydrogen-bond donors (Lipinski definition) is 1. The predicted molar refractivity (Wildman–Crippen MR) is 88.3 cm³/mol. The molecule has 1 heterocycles. The summed E-state index contributed by atoms with van der Waals surface area (Å²) in [6.45, 7) is 2.77. The fraction of sp³-hybridized carbons (Fsp3) is 0.294. The highest BCUT2D eigenvalue weighted by Gasteiger charge is 2.14. The molecular formula is C17H19N5O. The summed E-state index contributed by atoms with van der Waals surface area (Å²) in [5, 5.41) is 12.1. The van der Waals surface area contributed by atoms with Gasteiger partial charge in [0.15, 0.2) is 0 Å².